The normalized spacial score (nSPS) is 13.4. The molecule has 8 heteroatoms. The van der Waals surface area contributed by atoms with Crippen molar-refractivity contribution < 1.29 is 38.2 Å². The van der Waals surface area contributed by atoms with Gasteiger partial charge in [0.15, 0.2) is 6.10 Å². The fourth-order valence-corrected chi connectivity index (χ4v) is 3.76. The van der Waals surface area contributed by atoms with Crippen LogP contribution in [-0.2, 0) is 28.6 Å². The van der Waals surface area contributed by atoms with Crippen LogP contribution in [-0.4, -0.2) is 76.0 Å². The first-order valence-corrected chi connectivity index (χ1v) is 12.5. The zero-order valence-electron chi connectivity index (χ0n) is 22.9. The Bertz CT molecular complexity index is 623. The van der Waals surface area contributed by atoms with Crippen molar-refractivity contribution in [1.29, 1.82) is 0 Å². The molecule has 34 heavy (non-hydrogen) atoms. The first kappa shape index (κ1) is 32.3. The summed E-state index contributed by atoms with van der Waals surface area (Å²) in [7, 11) is 5.77. The summed E-state index contributed by atoms with van der Waals surface area (Å²) < 4.78 is 16.8. The van der Waals surface area contributed by atoms with Gasteiger partial charge in [-0.1, -0.05) is 26.7 Å². The molecule has 0 saturated heterocycles. The van der Waals surface area contributed by atoms with Crippen LogP contribution in [0.1, 0.15) is 86.0 Å². The molecule has 1 unspecified atom stereocenters. The summed E-state index contributed by atoms with van der Waals surface area (Å²) in [5, 5.41) is 11.0. The van der Waals surface area contributed by atoms with Crippen LogP contribution in [0, 0.1) is 10.8 Å². The molecule has 0 N–H and O–H groups in total. The minimum atomic E-state index is -1.21. The van der Waals surface area contributed by atoms with Gasteiger partial charge >= 0.3 is 11.9 Å². The van der Waals surface area contributed by atoms with Crippen molar-refractivity contribution >= 4 is 17.9 Å². The largest absolute Gasteiger partial charge is 0.550 e. The van der Waals surface area contributed by atoms with Gasteiger partial charge in [-0.25, -0.2) is 0 Å². The summed E-state index contributed by atoms with van der Waals surface area (Å²) in [6.07, 6.45) is 4.53. The first-order chi connectivity index (χ1) is 15.6. The van der Waals surface area contributed by atoms with Gasteiger partial charge < -0.3 is 28.6 Å². The molecule has 0 aliphatic heterocycles. The Hall–Kier alpha value is -1.67. The Morgan fingerprint density at radius 3 is 1.97 bits per heavy atom. The molecule has 200 valence electrons. The monoisotopic (exact) mass is 487 g/mol. The van der Waals surface area contributed by atoms with E-state index in [9.17, 15) is 19.5 Å². The molecule has 0 aromatic carbocycles. The van der Waals surface area contributed by atoms with Crippen LogP contribution < -0.4 is 5.11 Å². The molecule has 0 heterocycles. The summed E-state index contributed by atoms with van der Waals surface area (Å²) in [5.41, 5.74) is -0.697. The van der Waals surface area contributed by atoms with Gasteiger partial charge in [0, 0.05) is 25.6 Å². The molecular weight excluding hydrogens is 438 g/mol. The Balaban J connectivity index is 4.12. The van der Waals surface area contributed by atoms with Gasteiger partial charge in [-0.3, -0.25) is 9.59 Å². The molecule has 0 aromatic heterocycles. The van der Waals surface area contributed by atoms with Crippen molar-refractivity contribution in [2.75, 3.05) is 47.5 Å². The standard InChI is InChI=1S/C26H49NO7/c1-9-33-24(31)26(4,5)15-11-13-17-32-16-12-10-14-25(2,3)19-23(30)34-21(18-22(28)29)20-27(6,7)8/h21H,9-20H2,1-8H3. The average Bonchev–Trinajstić information content (AvgIpc) is 2.64. The molecule has 0 aliphatic carbocycles. The van der Waals surface area contributed by atoms with Gasteiger partial charge in [0.2, 0.25) is 0 Å². The summed E-state index contributed by atoms with van der Waals surface area (Å²) >= 11 is 0. The van der Waals surface area contributed by atoms with Crippen molar-refractivity contribution in [2.24, 2.45) is 10.8 Å². The lowest BCUT2D eigenvalue weighted by Gasteiger charge is -2.30. The number of unbranched alkanes of at least 4 members (excludes halogenated alkanes) is 2. The number of hydrogen-bond acceptors (Lipinski definition) is 7. The van der Waals surface area contributed by atoms with Crippen LogP contribution in [0.3, 0.4) is 0 Å². The molecule has 0 spiro atoms. The van der Waals surface area contributed by atoms with Crippen LogP contribution in [0.4, 0.5) is 0 Å². The number of nitrogens with zero attached hydrogens (tertiary/aromatic N) is 1. The number of likely N-dealkylation sites (N-methyl/N-ethyl adjacent to an activating group) is 1. The maximum atomic E-state index is 12.4. The Labute approximate surface area is 206 Å². The number of rotatable bonds is 19. The van der Waals surface area contributed by atoms with E-state index in [1.807, 2.05) is 55.8 Å². The molecule has 0 bridgehead atoms. The summed E-state index contributed by atoms with van der Waals surface area (Å²) in [5.74, 6) is -1.73. The molecule has 1 atom stereocenters. The second-order valence-corrected chi connectivity index (χ2v) is 11.6. The van der Waals surface area contributed by atoms with Crippen molar-refractivity contribution in [3.63, 3.8) is 0 Å². The number of carboxylic acid groups (broad SMARTS) is 1. The molecule has 0 aromatic rings. The molecule has 0 amide bonds. The first-order valence-electron chi connectivity index (χ1n) is 12.5. The maximum absolute atomic E-state index is 12.4. The molecule has 0 aliphatic rings. The third-order valence-corrected chi connectivity index (χ3v) is 5.63. The lowest BCUT2D eigenvalue weighted by molar-refractivity contribution is -0.873. The highest BCUT2D eigenvalue weighted by Crippen LogP contribution is 2.28. The van der Waals surface area contributed by atoms with Crippen molar-refractivity contribution in [3.8, 4) is 0 Å². The molecule has 0 saturated carbocycles. The Kier molecular flexibility index (Phi) is 14.6. The number of quaternary nitrogens is 1. The van der Waals surface area contributed by atoms with Gasteiger partial charge in [-0.15, -0.1) is 0 Å². The fourth-order valence-electron chi connectivity index (χ4n) is 3.76. The van der Waals surface area contributed by atoms with Crippen molar-refractivity contribution in [3.05, 3.63) is 0 Å². The number of esters is 2. The highest BCUT2D eigenvalue weighted by Gasteiger charge is 2.29. The van der Waals surface area contributed by atoms with Crippen LogP contribution in [0.2, 0.25) is 0 Å². The van der Waals surface area contributed by atoms with E-state index in [1.165, 1.54) is 0 Å². The Morgan fingerprint density at radius 2 is 1.47 bits per heavy atom. The predicted octanol–water partition coefficient (Wildman–Crippen LogP) is 3.11. The van der Waals surface area contributed by atoms with Gasteiger partial charge in [0.1, 0.15) is 6.54 Å². The minimum Gasteiger partial charge on any atom is -0.550 e. The van der Waals surface area contributed by atoms with Gasteiger partial charge in [0.05, 0.1) is 39.6 Å². The highest BCUT2D eigenvalue weighted by molar-refractivity contribution is 5.75. The van der Waals surface area contributed by atoms with Crippen LogP contribution in [0.5, 0.6) is 0 Å². The number of carbonyl (C=O) groups excluding carboxylic acids is 3. The van der Waals surface area contributed by atoms with Crippen LogP contribution in [0.25, 0.3) is 0 Å². The maximum Gasteiger partial charge on any atom is 0.311 e. The third-order valence-electron chi connectivity index (χ3n) is 5.63. The lowest BCUT2D eigenvalue weighted by atomic mass is 9.84. The van der Waals surface area contributed by atoms with Gasteiger partial charge in [0.25, 0.3) is 0 Å². The van der Waals surface area contributed by atoms with E-state index in [2.05, 4.69) is 0 Å². The molecule has 0 fully saturated rings. The number of carboxylic acids is 1. The zero-order valence-corrected chi connectivity index (χ0v) is 22.9. The topological polar surface area (TPSA) is 102 Å². The van der Waals surface area contributed by atoms with Crippen LogP contribution in [0.15, 0.2) is 0 Å². The number of hydrogen-bond donors (Lipinski definition) is 0. The van der Waals surface area contributed by atoms with Gasteiger partial charge in [-0.2, -0.15) is 0 Å². The molecule has 0 rings (SSSR count). The van der Waals surface area contributed by atoms with E-state index in [0.29, 0.717) is 30.8 Å². The summed E-state index contributed by atoms with van der Waals surface area (Å²) in [6.45, 7) is 11.8. The second-order valence-electron chi connectivity index (χ2n) is 11.6. The lowest BCUT2D eigenvalue weighted by Crippen LogP contribution is -2.45. The number of ether oxygens (including phenoxy) is 3. The van der Waals surface area contributed by atoms with E-state index < -0.39 is 17.5 Å². The number of aliphatic carboxylic acids is 1. The molecule has 0 radical (unpaired) electrons. The van der Waals surface area contributed by atoms with E-state index in [1.54, 1.807) is 0 Å². The van der Waals surface area contributed by atoms with E-state index in [4.69, 9.17) is 14.2 Å². The zero-order chi connectivity index (χ0) is 26.4. The number of carbonyl (C=O) groups is 3. The van der Waals surface area contributed by atoms with Crippen LogP contribution >= 0.6 is 0 Å². The summed E-state index contributed by atoms with van der Waals surface area (Å²) in [6, 6.07) is 0. The van der Waals surface area contributed by atoms with Crippen molar-refractivity contribution in [1.82, 2.24) is 0 Å². The third kappa shape index (κ3) is 16.9. The fraction of sp³-hybridized carbons (Fsp3) is 0.885. The quantitative estimate of drug-likeness (QED) is 0.157. The van der Waals surface area contributed by atoms with Gasteiger partial charge in [-0.05, 0) is 51.9 Å². The second kappa shape index (κ2) is 15.4. The molecule has 8 nitrogen and oxygen atoms in total. The SMILES string of the molecule is CCOC(=O)C(C)(C)CCCCOCCCCC(C)(C)CC(=O)OC(CC(=O)[O-])C[N+](C)(C)C. The smallest absolute Gasteiger partial charge is 0.311 e. The van der Waals surface area contributed by atoms with E-state index >= 15 is 0 Å². The average molecular weight is 488 g/mol. The molecular formula is C26H49NO7. The highest BCUT2D eigenvalue weighted by atomic mass is 16.5. The summed E-state index contributed by atoms with van der Waals surface area (Å²) in [4.78, 5) is 35.3. The minimum absolute atomic E-state index is 0.148. The Morgan fingerprint density at radius 1 is 0.912 bits per heavy atom. The van der Waals surface area contributed by atoms with E-state index in [-0.39, 0.29) is 30.2 Å². The van der Waals surface area contributed by atoms with Crippen molar-refractivity contribution in [2.45, 2.75) is 92.1 Å². The predicted molar refractivity (Wildman–Crippen MR) is 130 cm³/mol. The van der Waals surface area contributed by atoms with E-state index in [0.717, 1.165) is 38.5 Å².